The van der Waals surface area contributed by atoms with Crippen LogP contribution in [0.4, 0.5) is 13.2 Å². The number of halogens is 4. The van der Waals surface area contributed by atoms with E-state index in [1.807, 2.05) is 0 Å². The summed E-state index contributed by atoms with van der Waals surface area (Å²) in [5.74, 6) is -1.49. The van der Waals surface area contributed by atoms with Gasteiger partial charge in [0.15, 0.2) is 5.82 Å². The summed E-state index contributed by atoms with van der Waals surface area (Å²) in [6, 6.07) is 1.14. The fourth-order valence-electron chi connectivity index (χ4n) is 1.34. The molecular formula is C10H5ClF3N3O2. The molecule has 0 saturated heterocycles. The van der Waals surface area contributed by atoms with Gasteiger partial charge in [-0.25, -0.2) is 14.5 Å². The first-order valence-electron chi connectivity index (χ1n) is 4.80. The fourth-order valence-corrected chi connectivity index (χ4v) is 1.62. The molecular weight excluding hydrogens is 287 g/mol. The third-order valence-corrected chi connectivity index (χ3v) is 2.60. The maximum Gasteiger partial charge on any atom is 0.419 e. The molecule has 100 valence electrons. The number of aromatic nitrogens is 3. The van der Waals surface area contributed by atoms with Crippen LogP contribution < -0.4 is 0 Å². The Bertz CT molecular complexity index is 639. The van der Waals surface area contributed by atoms with Crippen LogP contribution in [0.3, 0.4) is 0 Å². The molecule has 1 N–H and O–H groups in total. The number of nitrogens with zero attached hydrogens (tertiary/aromatic N) is 3. The highest BCUT2D eigenvalue weighted by Crippen LogP contribution is 2.30. The lowest BCUT2D eigenvalue weighted by atomic mass is 10.2. The molecule has 0 radical (unpaired) electrons. The molecule has 0 amide bonds. The Morgan fingerprint density at radius 2 is 2.11 bits per heavy atom. The van der Waals surface area contributed by atoms with E-state index in [4.69, 9.17) is 16.7 Å². The van der Waals surface area contributed by atoms with Gasteiger partial charge in [-0.05, 0) is 6.07 Å². The molecule has 0 aliphatic heterocycles. The van der Waals surface area contributed by atoms with Crippen molar-refractivity contribution in [2.24, 2.45) is 0 Å². The van der Waals surface area contributed by atoms with Gasteiger partial charge in [0.05, 0.1) is 22.3 Å². The number of rotatable bonds is 2. The normalized spacial score (nSPS) is 11.6. The fraction of sp³-hybridized carbons (Fsp3) is 0.100. The minimum Gasteiger partial charge on any atom is -0.478 e. The number of pyridine rings is 1. The topological polar surface area (TPSA) is 68.0 Å². The summed E-state index contributed by atoms with van der Waals surface area (Å²) < 4.78 is 38.0. The molecule has 0 spiro atoms. The van der Waals surface area contributed by atoms with Crippen molar-refractivity contribution in [2.45, 2.75) is 6.18 Å². The average molecular weight is 292 g/mol. The van der Waals surface area contributed by atoms with Gasteiger partial charge in [0.25, 0.3) is 0 Å². The predicted octanol–water partition coefficient (Wildman–Crippen LogP) is 2.64. The van der Waals surface area contributed by atoms with Gasteiger partial charge in [-0.2, -0.15) is 18.3 Å². The van der Waals surface area contributed by atoms with Crippen LogP contribution >= 0.6 is 11.6 Å². The van der Waals surface area contributed by atoms with Crippen LogP contribution in [0.25, 0.3) is 5.82 Å². The van der Waals surface area contributed by atoms with Crippen LogP contribution in [-0.4, -0.2) is 25.8 Å². The first-order chi connectivity index (χ1) is 8.80. The number of carbonyl (C=O) groups is 1. The monoisotopic (exact) mass is 291 g/mol. The highest BCUT2D eigenvalue weighted by atomic mass is 35.5. The molecule has 2 aromatic heterocycles. The second kappa shape index (κ2) is 4.54. The van der Waals surface area contributed by atoms with Crippen molar-refractivity contribution in [1.82, 2.24) is 14.8 Å². The Balaban J connectivity index is 2.51. The average Bonchev–Trinajstić information content (AvgIpc) is 2.77. The van der Waals surface area contributed by atoms with Crippen molar-refractivity contribution in [3.8, 4) is 5.82 Å². The highest BCUT2D eigenvalue weighted by Gasteiger charge is 2.32. The van der Waals surface area contributed by atoms with E-state index in [9.17, 15) is 18.0 Å². The van der Waals surface area contributed by atoms with Gasteiger partial charge in [0, 0.05) is 12.4 Å². The molecule has 2 rings (SSSR count). The first kappa shape index (κ1) is 13.3. The minimum atomic E-state index is -4.55. The lowest BCUT2D eigenvalue weighted by Gasteiger charge is -2.05. The number of alkyl halides is 3. The van der Waals surface area contributed by atoms with E-state index in [-0.39, 0.29) is 16.4 Å². The van der Waals surface area contributed by atoms with Crippen molar-refractivity contribution in [3.63, 3.8) is 0 Å². The Morgan fingerprint density at radius 1 is 1.42 bits per heavy atom. The smallest absolute Gasteiger partial charge is 0.419 e. The number of hydrogen-bond donors (Lipinski definition) is 1. The van der Waals surface area contributed by atoms with E-state index in [0.717, 1.165) is 16.9 Å². The summed E-state index contributed by atoms with van der Waals surface area (Å²) in [5.41, 5.74) is -1.25. The molecule has 0 bridgehead atoms. The molecule has 0 aliphatic carbocycles. The van der Waals surface area contributed by atoms with Crippen molar-refractivity contribution in [2.75, 3.05) is 0 Å². The van der Waals surface area contributed by atoms with Crippen LogP contribution in [0.5, 0.6) is 0 Å². The van der Waals surface area contributed by atoms with E-state index in [1.54, 1.807) is 0 Å². The van der Waals surface area contributed by atoms with Crippen LogP contribution in [0.2, 0.25) is 5.02 Å². The zero-order valence-electron chi connectivity index (χ0n) is 9.02. The second-order valence-electron chi connectivity index (χ2n) is 3.47. The summed E-state index contributed by atoms with van der Waals surface area (Å²) in [6.45, 7) is 0. The van der Waals surface area contributed by atoms with E-state index in [0.29, 0.717) is 12.4 Å². The molecule has 0 aromatic carbocycles. The van der Waals surface area contributed by atoms with Crippen LogP contribution in [0.1, 0.15) is 15.9 Å². The molecule has 19 heavy (non-hydrogen) atoms. The third-order valence-electron chi connectivity index (χ3n) is 2.23. The SMILES string of the molecule is O=C(O)c1ccnc(-n2cc(C(F)(F)F)cn2)c1Cl. The highest BCUT2D eigenvalue weighted by molar-refractivity contribution is 6.35. The Morgan fingerprint density at radius 3 is 2.63 bits per heavy atom. The lowest BCUT2D eigenvalue weighted by Crippen LogP contribution is -2.06. The van der Waals surface area contributed by atoms with Crippen molar-refractivity contribution >= 4 is 17.6 Å². The molecule has 0 aliphatic rings. The summed E-state index contributed by atoms with van der Waals surface area (Å²) in [7, 11) is 0. The van der Waals surface area contributed by atoms with Crippen molar-refractivity contribution < 1.29 is 23.1 Å². The second-order valence-corrected chi connectivity index (χ2v) is 3.85. The number of hydrogen-bond acceptors (Lipinski definition) is 3. The summed E-state index contributed by atoms with van der Waals surface area (Å²) in [6.07, 6.45) is -2.14. The van der Waals surface area contributed by atoms with Gasteiger partial charge < -0.3 is 5.11 Å². The maximum absolute atomic E-state index is 12.4. The Labute approximate surface area is 109 Å². The van der Waals surface area contributed by atoms with Gasteiger partial charge in [-0.15, -0.1) is 0 Å². The molecule has 2 aromatic rings. The van der Waals surface area contributed by atoms with Crippen LogP contribution in [-0.2, 0) is 6.18 Å². The quantitative estimate of drug-likeness (QED) is 0.923. The number of carboxylic acids is 1. The summed E-state index contributed by atoms with van der Waals surface area (Å²) >= 11 is 5.78. The zero-order chi connectivity index (χ0) is 14.2. The third kappa shape index (κ3) is 2.53. The Hall–Kier alpha value is -2.09. The van der Waals surface area contributed by atoms with Gasteiger partial charge in [0.1, 0.15) is 0 Å². The van der Waals surface area contributed by atoms with Crippen LogP contribution in [0, 0.1) is 0 Å². The van der Waals surface area contributed by atoms with E-state index < -0.39 is 17.7 Å². The van der Waals surface area contributed by atoms with E-state index in [1.165, 1.54) is 0 Å². The van der Waals surface area contributed by atoms with Gasteiger partial charge >= 0.3 is 12.1 Å². The molecule has 9 heteroatoms. The largest absolute Gasteiger partial charge is 0.478 e. The maximum atomic E-state index is 12.4. The van der Waals surface area contributed by atoms with Crippen molar-refractivity contribution in [1.29, 1.82) is 0 Å². The first-order valence-corrected chi connectivity index (χ1v) is 5.18. The van der Waals surface area contributed by atoms with Gasteiger partial charge in [-0.1, -0.05) is 11.6 Å². The summed E-state index contributed by atoms with van der Waals surface area (Å²) in [4.78, 5) is 14.6. The molecule has 0 fully saturated rings. The van der Waals surface area contributed by atoms with Gasteiger partial charge in [-0.3, -0.25) is 0 Å². The summed E-state index contributed by atoms with van der Waals surface area (Å²) in [5, 5.41) is 12.0. The Kier molecular flexibility index (Phi) is 3.19. The minimum absolute atomic E-state index is 0.183. The molecule has 5 nitrogen and oxygen atoms in total. The van der Waals surface area contributed by atoms with Crippen molar-refractivity contribution in [3.05, 3.63) is 40.8 Å². The zero-order valence-corrected chi connectivity index (χ0v) is 9.77. The standard InChI is InChI=1S/C10H5ClF3N3O2/c11-7-6(9(18)19)1-2-15-8(7)17-4-5(3-16-17)10(12,13)14/h1-4H,(H,18,19). The molecule has 0 atom stereocenters. The number of carboxylic acid groups (broad SMARTS) is 1. The lowest BCUT2D eigenvalue weighted by molar-refractivity contribution is -0.137. The van der Waals surface area contributed by atoms with E-state index in [2.05, 4.69) is 10.1 Å². The molecule has 2 heterocycles. The number of aromatic carboxylic acids is 1. The molecule has 0 saturated carbocycles. The van der Waals surface area contributed by atoms with E-state index >= 15 is 0 Å². The van der Waals surface area contributed by atoms with Crippen LogP contribution in [0.15, 0.2) is 24.7 Å². The predicted molar refractivity (Wildman–Crippen MR) is 58.3 cm³/mol. The molecule has 0 unspecified atom stereocenters. The van der Waals surface area contributed by atoms with Gasteiger partial charge in [0.2, 0.25) is 0 Å².